The van der Waals surface area contributed by atoms with Gasteiger partial charge in [-0.1, -0.05) is 37.6 Å². The number of hydrogen-bond acceptors (Lipinski definition) is 3. The zero-order chi connectivity index (χ0) is 23.2. The topological polar surface area (TPSA) is 58.5 Å². The standard InChI is InChI=1S/C25H23ClF2N2O2/c1-13-21(24(32)30-18-9-8-16(27)10-17(18)28)22(14-4-6-15(26)7-5-14)23-19(29-13)11-25(2,3)12-20(23)31/h4-10,21-22H,11-12H2,1-3H3,(H,30,32)/t21?,22-/m0/s1. The second-order valence-corrected chi connectivity index (χ2v) is 9.61. The highest BCUT2D eigenvalue weighted by atomic mass is 35.5. The summed E-state index contributed by atoms with van der Waals surface area (Å²) in [5.74, 6) is -3.57. The molecule has 2 atom stereocenters. The molecule has 1 heterocycles. The molecule has 0 radical (unpaired) electrons. The summed E-state index contributed by atoms with van der Waals surface area (Å²) in [4.78, 5) is 31.3. The summed E-state index contributed by atoms with van der Waals surface area (Å²) in [7, 11) is 0. The lowest BCUT2D eigenvalue weighted by atomic mass is 9.66. The van der Waals surface area contributed by atoms with E-state index < -0.39 is 29.4 Å². The zero-order valence-corrected chi connectivity index (χ0v) is 18.8. The van der Waals surface area contributed by atoms with E-state index in [0.717, 1.165) is 11.6 Å². The largest absolute Gasteiger partial charge is 0.323 e. The lowest BCUT2D eigenvalue weighted by molar-refractivity contribution is -0.119. The van der Waals surface area contributed by atoms with Gasteiger partial charge in [0.25, 0.3) is 0 Å². The van der Waals surface area contributed by atoms with Crippen LogP contribution in [0.2, 0.25) is 5.02 Å². The number of anilines is 1. The number of halogens is 3. The van der Waals surface area contributed by atoms with Crippen LogP contribution in [0.15, 0.2) is 58.7 Å². The van der Waals surface area contributed by atoms with Crippen LogP contribution in [0.25, 0.3) is 0 Å². The molecule has 0 fully saturated rings. The predicted molar refractivity (Wildman–Crippen MR) is 121 cm³/mol. The number of amides is 1. The molecule has 0 saturated carbocycles. The summed E-state index contributed by atoms with van der Waals surface area (Å²) in [6.45, 7) is 5.78. The maximum Gasteiger partial charge on any atom is 0.234 e. The molecule has 4 rings (SSSR count). The minimum atomic E-state index is -0.873. The number of hydrogen-bond donors (Lipinski definition) is 1. The third kappa shape index (κ3) is 4.24. The molecule has 2 aliphatic rings. The highest BCUT2D eigenvalue weighted by Gasteiger charge is 2.45. The fourth-order valence-electron chi connectivity index (χ4n) is 4.62. The van der Waals surface area contributed by atoms with Crippen molar-refractivity contribution >= 4 is 34.7 Å². The summed E-state index contributed by atoms with van der Waals surface area (Å²) in [5, 5.41) is 3.09. The molecule has 1 unspecified atom stereocenters. The van der Waals surface area contributed by atoms with Crippen molar-refractivity contribution in [2.45, 2.75) is 39.5 Å². The van der Waals surface area contributed by atoms with Crippen LogP contribution in [0.5, 0.6) is 0 Å². The molecule has 1 aliphatic heterocycles. The smallest absolute Gasteiger partial charge is 0.234 e. The molecule has 1 amide bonds. The van der Waals surface area contributed by atoms with Gasteiger partial charge in [-0.3, -0.25) is 14.6 Å². The third-order valence-electron chi connectivity index (χ3n) is 6.00. The Morgan fingerprint density at radius 1 is 1.12 bits per heavy atom. The highest BCUT2D eigenvalue weighted by molar-refractivity contribution is 6.30. The van der Waals surface area contributed by atoms with E-state index in [4.69, 9.17) is 11.6 Å². The summed E-state index contributed by atoms with van der Waals surface area (Å²) < 4.78 is 27.5. The highest BCUT2D eigenvalue weighted by Crippen LogP contribution is 2.48. The average molecular weight is 457 g/mol. The molecule has 2 aromatic rings. The molecule has 0 spiro atoms. The van der Waals surface area contributed by atoms with E-state index in [1.165, 1.54) is 6.07 Å². The number of aliphatic imine (C=N–C) groups is 1. The molecule has 7 heteroatoms. The number of carbonyl (C=O) groups is 2. The molecular formula is C25H23ClF2N2O2. The summed E-state index contributed by atoms with van der Waals surface area (Å²) in [6.07, 6.45) is 0.974. The second kappa shape index (κ2) is 8.24. The van der Waals surface area contributed by atoms with E-state index in [1.54, 1.807) is 31.2 Å². The van der Waals surface area contributed by atoms with Crippen LogP contribution in [-0.2, 0) is 9.59 Å². The minimum absolute atomic E-state index is 0.0433. The Morgan fingerprint density at radius 3 is 2.47 bits per heavy atom. The average Bonchev–Trinajstić information content (AvgIpc) is 2.68. The first-order chi connectivity index (χ1) is 15.1. The van der Waals surface area contributed by atoms with Crippen molar-refractivity contribution in [3.63, 3.8) is 0 Å². The quantitative estimate of drug-likeness (QED) is 0.609. The molecule has 1 aliphatic carbocycles. The van der Waals surface area contributed by atoms with Crippen molar-refractivity contribution in [3.05, 3.63) is 76.0 Å². The van der Waals surface area contributed by atoms with Gasteiger partial charge in [-0.2, -0.15) is 0 Å². The number of rotatable bonds is 3. The first-order valence-electron chi connectivity index (χ1n) is 10.4. The SMILES string of the molecule is CC1=NC2=C(C(=O)CC(C)(C)C2)[C@@H](c2ccc(Cl)cc2)C1C(=O)Nc1ccc(F)cc1F. The van der Waals surface area contributed by atoms with E-state index >= 15 is 0 Å². The van der Waals surface area contributed by atoms with Crippen molar-refractivity contribution in [2.75, 3.05) is 5.32 Å². The first kappa shape index (κ1) is 22.3. The normalized spacial score (nSPS) is 22.3. The van der Waals surface area contributed by atoms with Crippen LogP contribution in [0.1, 0.15) is 45.1 Å². The van der Waals surface area contributed by atoms with Crippen LogP contribution < -0.4 is 5.32 Å². The number of ketones is 1. The number of carbonyl (C=O) groups excluding carboxylic acids is 2. The molecule has 4 nitrogen and oxygen atoms in total. The molecular weight excluding hydrogens is 434 g/mol. The zero-order valence-electron chi connectivity index (χ0n) is 18.0. The van der Waals surface area contributed by atoms with Crippen LogP contribution in [0.3, 0.4) is 0 Å². The number of Topliss-reactive ketones (excluding diaryl/α,β-unsaturated/α-hetero) is 1. The number of allylic oxidation sites excluding steroid dienone is 2. The van der Waals surface area contributed by atoms with Crippen molar-refractivity contribution in [2.24, 2.45) is 16.3 Å². The van der Waals surface area contributed by atoms with Gasteiger partial charge in [-0.15, -0.1) is 0 Å². The van der Waals surface area contributed by atoms with E-state index in [-0.39, 0.29) is 16.9 Å². The van der Waals surface area contributed by atoms with Crippen molar-refractivity contribution in [1.82, 2.24) is 0 Å². The third-order valence-corrected chi connectivity index (χ3v) is 6.25. The summed E-state index contributed by atoms with van der Waals surface area (Å²) >= 11 is 6.06. The Hall–Kier alpha value is -2.86. The van der Waals surface area contributed by atoms with Crippen LogP contribution in [0.4, 0.5) is 14.5 Å². The van der Waals surface area contributed by atoms with Gasteiger partial charge >= 0.3 is 0 Å². The van der Waals surface area contributed by atoms with Gasteiger partial charge in [0.2, 0.25) is 5.91 Å². The van der Waals surface area contributed by atoms with Gasteiger partial charge in [0.1, 0.15) is 11.6 Å². The van der Waals surface area contributed by atoms with Crippen LogP contribution in [-0.4, -0.2) is 17.4 Å². The molecule has 166 valence electrons. The number of nitrogens with zero attached hydrogens (tertiary/aromatic N) is 1. The van der Waals surface area contributed by atoms with E-state index in [2.05, 4.69) is 10.3 Å². The summed E-state index contributed by atoms with van der Waals surface area (Å²) in [6, 6.07) is 9.97. The van der Waals surface area contributed by atoms with Crippen LogP contribution in [0, 0.1) is 23.0 Å². The lowest BCUT2D eigenvalue weighted by Gasteiger charge is -2.39. The monoisotopic (exact) mass is 456 g/mol. The fourth-order valence-corrected chi connectivity index (χ4v) is 4.74. The number of benzene rings is 2. The summed E-state index contributed by atoms with van der Waals surface area (Å²) in [5.41, 5.74) is 2.15. The van der Waals surface area contributed by atoms with Gasteiger partial charge in [0.15, 0.2) is 5.78 Å². The Labute approximate surface area is 190 Å². The lowest BCUT2D eigenvalue weighted by Crippen LogP contribution is -2.41. The van der Waals surface area contributed by atoms with Crippen molar-refractivity contribution in [1.29, 1.82) is 0 Å². The van der Waals surface area contributed by atoms with Gasteiger partial charge < -0.3 is 5.32 Å². The first-order valence-corrected chi connectivity index (χ1v) is 10.8. The van der Waals surface area contributed by atoms with Crippen LogP contribution >= 0.6 is 11.6 Å². The van der Waals surface area contributed by atoms with E-state index in [0.29, 0.717) is 40.9 Å². The molecule has 0 saturated heterocycles. The Bertz CT molecular complexity index is 1170. The fraction of sp³-hybridized carbons (Fsp3) is 0.320. The second-order valence-electron chi connectivity index (χ2n) is 9.17. The Kier molecular flexibility index (Phi) is 5.76. The van der Waals surface area contributed by atoms with Gasteiger partial charge in [0, 0.05) is 40.4 Å². The molecule has 0 aromatic heterocycles. The van der Waals surface area contributed by atoms with Crippen molar-refractivity contribution < 1.29 is 18.4 Å². The maximum absolute atomic E-state index is 14.2. The Balaban J connectivity index is 1.79. The maximum atomic E-state index is 14.2. The van der Waals surface area contributed by atoms with E-state index in [1.807, 2.05) is 13.8 Å². The van der Waals surface area contributed by atoms with Crippen molar-refractivity contribution in [3.8, 4) is 0 Å². The van der Waals surface area contributed by atoms with Gasteiger partial charge in [-0.05, 0) is 48.6 Å². The van der Waals surface area contributed by atoms with Gasteiger partial charge in [0.05, 0.1) is 11.6 Å². The Morgan fingerprint density at radius 2 is 1.81 bits per heavy atom. The van der Waals surface area contributed by atoms with Gasteiger partial charge in [-0.25, -0.2) is 8.78 Å². The minimum Gasteiger partial charge on any atom is -0.323 e. The molecule has 2 aromatic carbocycles. The molecule has 0 bridgehead atoms. The molecule has 1 N–H and O–H groups in total. The van der Waals surface area contributed by atoms with E-state index in [9.17, 15) is 18.4 Å². The molecule has 32 heavy (non-hydrogen) atoms. The number of nitrogens with one attached hydrogen (secondary N) is 1. The predicted octanol–water partition coefficient (Wildman–Crippen LogP) is 6.07.